The predicted octanol–water partition coefficient (Wildman–Crippen LogP) is 3.86. The number of rotatable bonds is 3. The highest BCUT2D eigenvalue weighted by Crippen LogP contribution is 2.36. The first-order valence-corrected chi connectivity index (χ1v) is 8.83. The fourth-order valence-corrected chi connectivity index (χ4v) is 3.77. The number of carbonyl (C=O) groups is 1. The SMILES string of the molecule is CC(=O)OCC1CCCC(C)N1c1ccc2[nH]c(=O)cc(C(F)(F)F)c2c1. The van der Waals surface area contributed by atoms with E-state index in [0.717, 1.165) is 19.3 Å². The maximum Gasteiger partial charge on any atom is 0.417 e. The lowest BCUT2D eigenvalue weighted by atomic mass is 9.95. The number of aromatic nitrogens is 1. The van der Waals surface area contributed by atoms with E-state index in [1.165, 1.54) is 19.1 Å². The van der Waals surface area contributed by atoms with Gasteiger partial charge in [-0.3, -0.25) is 9.59 Å². The minimum absolute atomic E-state index is 0.0522. The van der Waals surface area contributed by atoms with Gasteiger partial charge in [-0.2, -0.15) is 13.2 Å². The van der Waals surface area contributed by atoms with Gasteiger partial charge in [-0.25, -0.2) is 0 Å². The number of benzene rings is 1. The second-order valence-corrected chi connectivity index (χ2v) is 6.92. The Balaban J connectivity index is 2.07. The van der Waals surface area contributed by atoms with Crippen molar-refractivity contribution in [1.29, 1.82) is 0 Å². The van der Waals surface area contributed by atoms with Crippen LogP contribution in [0, 0.1) is 0 Å². The molecule has 0 amide bonds. The van der Waals surface area contributed by atoms with E-state index in [9.17, 15) is 22.8 Å². The van der Waals surface area contributed by atoms with Crippen molar-refractivity contribution in [3.63, 3.8) is 0 Å². The molecule has 2 unspecified atom stereocenters. The number of halogens is 3. The lowest BCUT2D eigenvalue weighted by Gasteiger charge is -2.42. The summed E-state index contributed by atoms with van der Waals surface area (Å²) in [6, 6.07) is 5.21. The van der Waals surface area contributed by atoms with Crippen molar-refractivity contribution in [2.45, 2.75) is 51.4 Å². The summed E-state index contributed by atoms with van der Waals surface area (Å²) in [7, 11) is 0. The zero-order valence-electron chi connectivity index (χ0n) is 15.1. The molecule has 1 aliphatic heterocycles. The minimum atomic E-state index is -4.63. The van der Waals surface area contributed by atoms with Crippen LogP contribution < -0.4 is 10.5 Å². The molecular weight excluding hydrogens is 361 g/mol. The Labute approximate surface area is 154 Å². The van der Waals surface area contributed by atoms with Crippen molar-refractivity contribution >= 4 is 22.6 Å². The summed E-state index contributed by atoms with van der Waals surface area (Å²) in [6.45, 7) is 3.52. The van der Waals surface area contributed by atoms with E-state index < -0.39 is 17.3 Å². The quantitative estimate of drug-likeness (QED) is 0.819. The van der Waals surface area contributed by atoms with Gasteiger partial charge in [0.25, 0.3) is 0 Å². The summed E-state index contributed by atoms with van der Waals surface area (Å²) >= 11 is 0. The average Bonchev–Trinajstić information content (AvgIpc) is 2.58. The summed E-state index contributed by atoms with van der Waals surface area (Å²) in [5.41, 5.74) is -0.991. The number of piperidine rings is 1. The number of fused-ring (bicyclic) bond motifs is 1. The Morgan fingerprint density at radius 3 is 2.70 bits per heavy atom. The van der Waals surface area contributed by atoms with E-state index in [0.29, 0.717) is 11.8 Å². The van der Waals surface area contributed by atoms with Crippen LogP contribution in [0.2, 0.25) is 0 Å². The standard InChI is InChI=1S/C19H21F3N2O3/c1-11-4-3-5-14(10-27-12(2)25)24(11)13-6-7-17-15(8-13)16(19(20,21)22)9-18(26)23-17/h6-9,11,14H,3-5,10H2,1-2H3,(H,23,26). The lowest BCUT2D eigenvalue weighted by molar-refractivity contribution is -0.141. The maximum absolute atomic E-state index is 13.4. The van der Waals surface area contributed by atoms with Crippen LogP contribution in [-0.4, -0.2) is 29.6 Å². The molecule has 3 rings (SSSR count). The van der Waals surface area contributed by atoms with Crippen molar-refractivity contribution in [2.75, 3.05) is 11.5 Å². The molecule has 2 aromatic rings. The largest absolute Gasteiger partial charge is 0.464 e. The third-order valence-electron chi connectivity index (χ3n) is 4.94. The molecule has 2 atom stereocenters. The molecule has 1 N–H and O–H groups in total. The topological polar surface area (TPSA) is 62.4 Å². The zero-order chi connectivity index (χ0) is 19.8. The van der Waals surface area contributed by atoms with Gasteiger partial charge in [-0.1, -0.05) is 0 Å². The molecule has 2 heterocycles. The predicted molar refractivity (Wildman–Crippen MR) is 95.8 cm³/mol. The number of ether oxygens (including phenoxy) is 1. The molecule has 27 heavy (non-hydrogen) atoms. The van der Waals surface area contributed by atoms with Crippen LogP contribution in [0.5, 0.6) is 0 Å². The Morgan fingerprint density at radius 1 is 1.30 bits per heavy atom. The number of nitrogens with zero attached hydrogens (tertiary/aromatic N) is 1. The second-order valence-electron chi connectivity index (χ2n) is 6.92. The molecule has 0 saturated carbocycles. The van der Waals surface area contributed by atoms with Gasteiger partial charge in [-0.15, -0.1) is 0 Å². The summed E-state index contributed by atoms with van der Waals surface area (Å²) in [4.78, 5) is 27.2. The zero-order valence-corrected chi connectivity index (χ0v) is 15.1. The van der Waals surface area contributed by atoms with E-state index in [1.807, 2.05) is 11.8 Å². The Hall–Kier alpha value is -2.51. The van der Waals surface area contributed by atoms with Crippen molar-refractivity contribution in [3.05, 3.63) is 40.2 Å². The molecule has 146 valence electrons. The van der Waals surface area contributed by atoms with Crippen LogP contribution in [0.3, 0.4) is 0 Å². The van der Waals surface area contributed by atoms with Crippen LogP contribution in [0.4, 0.5) is 18.9 Å². The molecule has 1 fully saturated rings. The molecule has 8 heteroatoms. The molecule has 0 aliphatic carbocycles. The van der Waals surface area contributed by atoms with Crippen LogP contribution >= 0.6 is 0 Å². The first-order chi connectivity index (χ1) is 12.7. The Bertz CT molecular complexity index is 907. The fraction of sp³-hybridized carbons (Fsp3) is 0.474. The first-order valence-electron chi connectivity index (χ1n) is 8.83. The number of nitrogens with one attached hydrogen (secondary N) is 1. The molecule has 0 radical (unpaired) electrons. The summed E-state index contributed by atoms with van der Waals surface area (Å²) in [6.07, 6.45) is -1.99. The number of esters is 1. The van der Waals surface area contributed by atoms with Crippen molar-refractivity contribution < 1.29 is 22.7 Å². The van der Waals surface area contributed by atoms with E-state index in [1.54, 1.807) is 6.07 Å². The van der Waals surface area contributed by atoms with Crippen LogP contribution in [0.15, 0.2) is 29.1 Å². The lowest BCUT2D eigenvalue weighted by Crippen LogP contribution is -2.48. The molecule has 1 aromatic carbocycles. The van der Waals surface area contributed by atoms with Crippen LogP contribution in [-0.2, 0) is 15.7 Å². The number of aromatic amines is 1. The monoisotopic (exact) mass is 382 g/mol. The fourth-order valence-electron chi connectivity index (χ4n) is 3.77. The van der Waals surface area contributed by atoms with Crippen molar-refractivity contribution in [2.24, 2.45) is 0 Å². The smallest absolute Gasteiger partial charge is 0.417 e. The van der Waals surface area contributed by atoms with Gasteiger partial charge in [-0.05, 0) is 44.4 Å². The van der Waals surface area contributed by atoms with Crippen molar-refractivity contribution in [3.8, 4) is 0 Å². The van der Waals surface area contributed by atoms with Gasteiger partial charge in [0, 0.05) is 35.6 Å². The van der Waals surface area contributed by atoms with Gasteiger partial charge < -0.3 is 14.6 Å². The number of H-pyrrole nitrogens is 1. The molecule has 0 spiro atoms. The van der Waals surface area contributed by atoms with Gasteiger partial charge in [0.2, 0.25) is 5.56 Å². The normalized spacial score (nSPS) is 20.7. The third-order valence-corrected chi connectivity index (χ3v) is 4.94. The second kappa shape index (κ2) is 7.25. The summed E-state index contributed by atoms with van der Waals surface area (Å²) in [5.74, 6) is -0.386. The van der Waals surface area contributed by atoms with Gasteiger partial charge in [0.1, 0.15) is 6.61 Å². The van der Waals surface area contributed by atoms with E-state index in [2.05, 4.69) is 4.98 Å². The number of carbonyl (C=O) groups excluding carboxylic acids is 1. The summed E-state index contributed by atoms with van der Waals surface area (Å²) in [5, 5.41) is -0.0522. The number of hydrogen-bond donors (Lipinski definition) is 1. The number of pyridine rings is 1. The molecule has 1 aromatic heterocycles. The van der Waals surface area contributed by atoms with Gasteiger partial charge in [0.05, 0.1) is 11.6 Å². The average molecular weight is 382 g/mol. The Morgan fingerprint density at radius 2 is 2.04 bits per heavy atom. The van der Waals surface area contributed by atoms with Crippen molar-refractivity contribution in [1.82, 2.24) is 4.98 Å². The van der Waals surface area contributed by atoms with Gasteiger partial charge >= 0.3 is 12.1 Å². The summed E-state index contributed by atoms with van der Waals surface area (Å²) < 4.78 is 45.4. The number of anilines is 1. The number of alkyl halides is 3. The van der Waals surface area contributed by atoms with E-state index in [-0.39, 0.29) is 35.6 Å². The highest BCUT2D eigenvalue weighted by molar-refractivity contribution is 5.86. The molecule has 1 saturated heterocycles. The molecule has 1 aliphatic rings. The van der Waals surface area contributed by atoms with Gasteiger partial charge in [0.15, 0.2) is 0 Å². The maximum atomic E-state index is 13.4. The van der Waals surface area contributed by atoms with E-state index in [4.69, 9.17) is 4.74 Å². The molecule has 5 nitrogen and oxygen atoms in total. The Kier molecular flexibility index (Phi) is 5.17. The highest BCUT2D eigenvalue weighted by Gasteiger charge is 2.34. The van der Waals surface area contributed by atoms with Crippen LogP contribution in [0.1, 0.15) is 38.7 Å². The van der Waals surface area contributed by atoms with Crippen LogP contribution in [0.25, 0.3) is 10.9 Å². The highest BCUT2D eigenvalue weighted by atomic mass is 19.4. The molecular formula is C19H21F3N2O3. The molecule has 0 bridgehead atoms. The number of hydrogen-bond acceptors (Lipinski definition) is 4. The minimum Gasteiger partial charge on any atom is -0.464 e. The van der Waals surface area contributed by atoms with E-state index >= 15 is 0 Å². The first kappa shape index (κ1) is 19.3. The third kappa shape index (κ3) is 4.09.